The standard InChI is InChI=1S/C29H26F3N3O5S/c1-2-3-13-24-33-26(29(30,31)32)25(28(37)38)35(24)18-19-14-16-20(17-15-19)22-11-7-8-12-23(22)41(39,40)34-27(36)21-9-5-4-6-10-21/h4-12,14-17H,2-3,13,18H2,1H3,(H,34,36)(H,37,38). The lowest BCUT2D eigenvalue weighted by atomic mass is 10.0. The van der Waals surface area contributed by atoms with Crippen LogP contribution in [0.15, 0.2) is 83.8 Å². The van der Waals surface area contributed by atoms with Crippen LogP contribution in [0.4, 0.5) is 13.2 Å². The third-order valence-corrected chi connectivity index (χ3v) is 7.71. The molecule has 0 aliphatic carbocycles. The second-order valence-corrected chi connectivity index (χ2v) is 10.9. The Morgan fingerprint density at radius 2 is 1.59 bits per heavy atom. The topological polar surface area (TPSA) is 118 Å². The van der Waals surface area contributed by atoms with Gasteiger partial charge < -0.3 is 9.67 Å². The quantitative estimate of drug-likeness (QED) is 0.244. The van der Waals surface area contributed by atoms with Crippen LogP contribution in [-0.2, 0) is 29.2 Å². The highest BCUT2D eigenvalue weighted by Gasteiger charge is 2.41. The van der Waals surface area contributed by atoms with E-state index in [9.17, 15) is 36.3 Å². The van der Waals surface area contributed by atoms with Crippen molar-refractivity contribution in [2.45, 2.75) is 43.8 Å². The first kappa shape index (κ1) is 29.5. The van der Waals surface area contributed by atoms with Crippen LogP contribution in [0, 0.1) is 0 Å². The molecule has 0 saturated carbocycles. The molecule has 0 aliphatic heterocycles. The van der Waals surface area contributed by atoms with Gasteiger partial charge in [0.2, 0.25) is 0 Å². The van der Waals surface area contributed by atoms with Crippen LogP contribution in [-0.4, -0.2) is 35.0 Å². The van der Waals surface area contributed by atoms with E-state index in [4.69, 9.17) is 0 Å². The molecule has 3 aromatic carbocycles. The molecule has 1 amide bonds. The number of carboxylic acid groups (broad SMARTS) is 1. The number of rotatable bonds is 10. The molecule has 0 bridgehead atoms. The molecule has 8 nitrogen and oxygen atoms in total. The number of unbranched alkanes of at least 4 members (excludes halogenated alkanes) is 1. The van der Waals surface area contributed by atoms with Gasteiger partial charge in [0.1, 0.15) is 5.82 Å². The number of imidazole rings is 1. The minimum atomic E-state index is -4.94. The van der Waals surface area contributed by atoms with Crippen LogP contribution in [0.5, 0.6) is 0 Å². The molecule has 0 aliphatic rings. The van der Waals surface area contributed by atoms with Gasteiger partial charge in [-0.25, -0.2) is 22.9 Å². The first-order valence-electron chi connectivity index (χ1n) is 12.6. The lowest BCUT2D eigenvalue weighted by molar-refractivity contribution is -0.141. The van der Waals surface area contributed by atoms with Gasteiger partial charge >= 0.3 is 12.1 Å². The Hall–Kier alpha value is -4.45. The predicted molar refractivity (Wildman–Crippen MR) is 145 cm³/mol. The summed E-state index contributed by atoms with van der Waals surface area (Å²) in [6.07, 6.45) is -3.56. The number of carbonyl (C=O) groups excluding carboxylic acids is 1. The molecule has 12 heteroatoms. The molecule has 4 aromatic rings. The number of nitrogens with zero attached hydrogens (tertiary/aromatic N) is 2. The van der Waals surface area contributed by atoms with Gasteiger partial charge in [-0.2, -0.15) is 13.2 Å². The maximum absolute atomic E-state index is 13.6. The number of hydrogen-bond acceptors (Lipinski definition) is 5. The lowest BCUT2D eigenvalue weighted by Crippen LogP contribution is -2.30. The van der Waals surface area contributed by atoms with E-state index >= 15 is 0 Å². The van der Waals surface area contributed by atoms with Crippen molar-refractivity contribution in [3.8, 4) is 11.1 Å². The molecule has 1 heterocycles. The average molecular weight is 586 g/mol. The van der Waals surface area contributed by atoms with Crippen LogP contribution in [0.3, 0.4) is 0 Å². The molecule has 41 heavy (non-hydrogen) atoms. The van der Waals surface area contributed by atoms with Gasteiger partial charge in [0, 0.05) is 24.1 Å². The summed E-state index contributed by atoms with van der Waals surface area (Å²) in [7, 11) is -4.27. The fourth-order valence-electron chi connectivity index (χ4n) is 4.35. The van der Waals surface area contributed by atoms with Gasteiger partial charge in [-0.3, -0.25) is 4.79 Å². The molecule has 214 valence electrons. The normalized spacial score (nSPS) is 11.8. The number of halogens is 3. The van der Waals surface area contributed by atoms with Gasteiger partial charge in [-0.15, -0.1) is 0 Å². The van der Waals surface area contributed by atoms with Crippen LogP contribution in [0.25, 0.3) is 11.1 Å². The summed E-state index contributed by atoms with van der Waals surface area (Å²) in [6.45, 7) is 1.68. The van der Waals surface area contributed by atoms with Crippen molar-refractivity contribution >= 4 is 21.9 Å². The highest BCUT2D eigenvalue weighted by Crippen LogP contribution is 2.33. The number of amides is 1. The fourth-order valence-corrected chi connectivity index (χ4v) is 5.55. The number of hydrogen-bond donors (Lipinski definition) is 2. The van der Waals surface area contributed by atoms with E-state index in [1.807, 2.05) is 6.92 Å². The minimum absolute atomic E-state index is 0.0197. The lowest BCUT2D eigenvalue weighted by Gasteiger charge is -2.14. The molecule has 0 spiro atoms. The van der Waals surface area contributed by atoms with Crippen LogP contribution < -0.4 is 4.72 Å². The van der Waals surface area contributed by atoms with E-state index in [0.29, 0.717) is 29.5 Å². The Bertz CT molecular complexity index is 1670. The predicted octanol–water partition coefficient (Wildman–Crippen LogP) is 5.78. The summed E-state index contributed by atoms with van der Waals surface area (Å²) < 4.78 is 70.2. The first-order valence-corrected chi connectivity index (χ1v) is 14.1. The van der Waals surface area contributed by atoms with Crippen LogP contribution in [0.1, 0.15) is 57.7 Å². The Morgan fingerprint density at radius 1 is 0.951 bits per heavy atom. The molecule has 2 N–H and O–H groups in total. The van der Waals surface area contributed by atoms with Gasteiger partial charge in [0.15, 0.2) is 11.4 Å². The maximum Gasteiger partial charge on any atom is 0.435 e. The number of carbonyl (C=O) groups is 2. The van der Waals surface area contributed by atoms with Crippen molar-refractivity contribution in [2.75, 3.05) is 0 Å². The minimum Gasteiger partial charge on any atom is -0.477 e. The van der Waals surface area contributed by atoms with Crippen molar-refractivity contribution in [2.24, 2.45) is 0 Å². The number of aromatic carboxylic acids is 1. The first-order chi connectivity index (χ1) is 19.4. The molecule has 0 unspecified atom stereocenters. The highest BCUT2D eigenvalue weighted by atomic mass is 32.2. The highest BCUT2D eigenvalue weighted by molar-refractivity contribution is 7.90. The average Bonchev–Trinajstić information content (AvgIpc) is 3.31. The van der Waals surface area contributed by atoms with E-state index in [0.717, 1.165) is 4.57 Å². The second kappa shape index (κ2) is 12.0. The molecular formula is C29H26F3N3O5S. The van der Waals surface area contributed by atoms with E-state index in [1.165, 1.54) is 24.3 Å². The van der Waals surface area contributed by atoms with Gasteiger partial charge in [0.05, 0.1) is 4.90 Å². The van der Waals surface area contributed by atoms with Crippen molar-refractivity contribution < 1.29 is 36.3 Å². The summed E-state index contributed by atoms with van der Waals surface area (Å²) in [5.41, 5.74) is -0.955. The summed E-state index contributed by atoms with van der Waals surface area (Å²) in [4.78, 5) is 27.9. The Balaban J connectivity index is 1.66. The van der Waals surface area contributed by atoms with Crippen molar-refractivity contribution in [1.29, 1.82) is 0 Å². The number of aryl methyl sites for hydroxylation is 1. The summed E-state index contributed by atoms with van der Waals surface area (Å²) in [5, 5.41) is 9.61. The molecule has 0 radical (unpaired) electrons. The van der Waals surface area contributed by atoms with Gasteiger partial charge in [-0.1, -0.05) is 74.0 Å². The fraction of sp³-hybridized carbons (Fsp3) is 0.207. The Labute approximate surface area is 234 Å². The summed E-state index contributed by atoms with van der Waals surface area (Å²) in [5.74, 6) is -2.51. The Kier molecular flexibility index (Phi) is 8.62. The monoisotopic (exact) mass is 585 g/mol. The van der Waals surface area contributed by atoms with E-state index in [1.54, 1.807) is 54.6 Å². The van der Waals surface area contributed by atoms with E-state index in [-0.39, 0.29) is 29.2 Å². The zero-order valence-corrected chi connectivity index (χ0v) is 22.7. The molecule has 0 fully saturated rings. The van der Waals surface area contributed by atoms with Gasteiger partial charge in [-0.05, 0) is 35.7 Å². The molecule has 0 saturated heterocycles. The number of nitrogens with one attached hydrogen (secondary N) is 1. The summed E-state index contributed by atoms with van der Waals surface area (Å²) >= 11 is 0. The third-order valence-electron chi connectivity index (χ3n) is 6.32. The molecule has 0 atom stereocenters. The zero-order valence-electron chi connectivity index (χ0n) is 21.9. The van der Waals surface area contributed by atoms with E-state index < -0.39 is 39.5 Å². The van der Waals surface area contributed by atoms with E-state index in [2.05, 4.69) is 9.71 Å². The number of carboxylic acids is 1. The zero-order chi connectivity index (χ0) is 29.8. The molecule has 4 rings (SSSR count). The van der Waals surface area contributed by atoms with Gasteiger partial charge in [0.25, 0.3) is 15.9 Å². The largest absolute Gasteiger partial charge is 0.477 e. The third kappa shape index (κ3) is 6.65. The molecule has 1 aromatic heterocycles. The van der Waals surface area contributed by atoms with Crippen LogP contribution >= 0.6 is 0 Å². The SMILES string of the molecule is CCCCc1nc(C(F)(F)F)c(C(=O)O)n1Cc1ccc(-c2ccccc2S(=O)(=O)NC(=O)c2ccccc2)cc1. The van der Waals surface area contributed by atoms with Crippen molar-refractivity contribution in [1.82, 2.24) is 14.3 Å². The number of alkyl halides is 3. The van der Waals surface area contributed by atoms with Crippen molar-refractivity contribution in [3.05, 3.63) is 107 Å². The number of sulfonamides is 1. The van der Waals surface area contributed by atoms with Crippen molar-refractivity contribution in [3.63, 3.8) is 0 Å². The number of aromatic nitrogens is 2. The number of benzene rings is 3. The maximum atomic E-state index is 13.6. The van der Waals surface area contributed by atoms with Crippen LogP contribution in [0.2, 0.25) is 0 Å². The smallest absolute Gasteiger partial charge is 0.435 e. The molecular weight excluding hydrogens is 559 g/mol. The second-order valence-electron chi connectivity index (χ2n) is 9.21. The Morgan fingerprint density at radius 3 is 2.20 bits per heavy atom. The summed E-state index contributed by atoms with van der Waals surface area (Å²) in [6, 6.07) is 20.2.